The fourth-order valence-corrected chi connectivity index (χ4v) is 4.52. The van der Waals surface area contributed by atoms with Gasteiger partial charge < -0.3 is 10.8 Å². The van der Waals surface area contributed by atoms with Crippen molar-refractivity contribution in [3.8, 4) is 17.0 Å². The number of nitrogen functional groups attached to an aromatic ring is 1. The van der Waals surface area contributed by atoms with Crippen LogP contribution in [-0.2, 0) is 13.1 Å². The number of aromatic nitrogens is 6. The number of rotatable bonds is 5. The van der Waals surface area contributed by atoms with Crippen LogP contribution in [0.3, 0.4) is 0 Å². The number of hydrogen-bond acceptors (Lipinski definition) is 7. The Morgan fingerprint density at radius 3 is 2.62 bits per heavy atom. The molecule has 6 rings (SSSR count). The maximum absolute atomic E-state index is 13.6. The molecule has 1 radical (unpaired) electrons. The SMILES string of the molecule is Nc1ncnc2c1c(-c1ccc(O)cc1)nn2Cc1nc2ccc[c]c2c(=O)n1Cc1ccccc1Cl. The lowest BCUT2D eigenvalue weighted by Gasteiger charge is -2.15. The van der Waals surface area contributed by atoms with E-state index in [2.05, 4.69) is 16.0 Å². The zero-order valence-corrected chi connectivity index (χ0v) is 20.1. The summed E-state index contributed by atoms with van der Waals surface area (Å²) in [6.07, 6.45) is 1.37. The highest BCUT2D eigenvalue weighted by Crippen LogP contribution is 2.31. The van der Waals surface area contributed by atoms with Crippen molar-refractivity contribution >= 4 is 39.4 Å². The Balaban J connectivity index is 1.54. The Morgan fingerprint density at radius 1 is 1.00 bits per heavy atom. The molecule has 0 amide bonds. The summed E-state index contributed by atoms with van der Waals surface area (Å²) < 4.78 is 3.23. The standard InChI is InChI=1S/C27H19ClN7O2/c28-20-7-3-1-5-17(20)13-34-22(32-21-8-4-2-6-19(21)27(34)37)14-35-26-23(25(29)30-15-31-26)24(33-35)16-9-11-18(36)12-10-16/h1-5,7-12,15,36H,13-14H2,(H2,29,30,31). The number of aromatic hydroxyl groups is 1. The molecule has 9 nitrogen and oxygen atoms in total. The summed E-state index contributed by atoms with van der Waals surface area (Å²) in [5, 5.41) is 16.0. The van der Waals surface area contributed by atoms with Crippen molar-refractivity contribution in [1.82, 2.24) is 29.3 Å². The van der Waals surface area contributed by atoms with Crippen molar-refractivity contribution in [1.29, 1.82) is 0 Å². The van der Waals surface area contributed by atoms with Crippen LogP contribution in [0, 0.1) is 6.07 Å². The minimum atomic E-state index is -0.232. The monoisotopic (exact) mass is 508 g/mol. The lowest BCUT2D eigenvalue weighted by atomic mass is 10.1. The van der Waals surface area contributed by atoms with E-state index in [-0.39, 0.29) is 30.2 Å². The zero-order valence-electron chi connectivity index (χ0n) is 19.3. The van der Waals surface area contributed by atoms with Crippen LogP contribution in [0.2, 0.25) is 5.02 Å². The average molecular weight is 509 g/mol. The molecule has 37 heavy (non-hydrogen) atoms. The Labute approximate surface area is 215 Å². The van der Waals surface area contributed by atoms with Gasteiger partial charge in [-0.15, -0.1) is 0 Å². The molecule has 0 fully saturated rings. The molecule has 3 aromatic heterocycles. The number of phenolic OH excluding ortho intramolecular Hbond substituents is 1. The van der Waals surface area contributed by atoms with E-state index in [4.69, 9.17) is 27.4 Å². The maximum atomic E-state index is 13.6. The first-order valence-corrected chi connectivity index (χ1v) is 11.8. The van der Waals surface area contributed by atoms with Crippen molar-refractivity contribution in [2.45, 2.75) is 13.1 Å². The molecule has 3 aromatic carbocycles. The molecule has 0 aliphatic heterocycles. The third kappa shape index (κ3) is 4.05. The number of nitrogens with two attached hydrogens (primary N) is 1. The fraction of sp³-hybridized carbons (Fsp3) is 0.0741. The van der Waals surface area contributed by atoms with Gasteiger partial charge in [0.15, 0.2) is 5.65 Å². The van der Waals surface area contributed by atoms with Crippen LogP contribution in [-0.4, -0.2) is 34.4 Å². The number of halogens is 1. The van der Waals surface area contributed by atoms with E-state index < -0.39 is 0 Å². The molecule has 0 bridgehead atoms. The van der Waals surface area contributed by atoms with Crippen LogP contribution in [0.4, 0.5) is 5.82 Å². The number of phenols is 1. The Bertz CT molecular complexity index is 1840. The van der Waals surface area contributed by atoms with E-state index >= 15 is 0 Å². The second-order valence-electron chi connectivity index (χ2n) is 8.45. The molecule has 0 saturated heterocycles. The summed E-state index contributed by atoms with van der Waals surface area (Å²) in [6, 6.07) is 22.3. The van der Waals surface area contributed by atoms with Crippen LogP contribution >= 0.6 is 11.6 Å². The van der Waals surface area contributed by atoms with Crippen LogP contribution < -0.4 is 11.3 Å². The normalized spacial score (nSPS) is 11.4. The highest BCUT2D eigenvalue weighted by atomic mass is 35.5. The molecule has 0 atom stereocenters. The third-order valence-corrected chi connectivity index (χ3v) is 6.50. The molecule has 3 heterocycles. The van der Waals surface area contributed by atoms with Gasteiger partial charge in [0.05, 0.1) is 22.8 Å². The lowest BCUT2D eigenvalue weighted by Crippen LogP contribution is -2.27. The van der Waals surface area contributed by atoms with E-state index in [1.165, 1.54) is 6.33 Å². The minimum absolute atomic E-state index is 0.134. The van der Waals surface area contributed by atoms with Crippen molar-refractivity contribution < 1.29 is 5.11 Å². The van der Waals surface area contributed by atoms with Crippen LogP contribution in [0.5, 0.6) is 5.75 Å². The quantitative estimate of drug-likeness (QED) is 0.360. The Kier molecular flexibility index (Phi) is 5.54. The van der Waals surface area contributed by atoms with E-state index in [0.717, 1.165) is 11.1 Å². The number of hydrogen-bond donors (Lipinski definition) is 2. The molecule has 0 unspecified atom stereocenters. The summed E-state index contributed by atoms with van der Waals surface area (Å²) in [5.41, 5.74) is 9.10. The van der Waals surface area contributed by atoms with Crippen molar-refractivity contribution in [2.24, 2.45) is 0 Å². The van der Waals surface area contributed by atoms with E-state index in [0.29, 0.717) is 38.5 Å². The third-order valence-electron chi connectivity index (χ3n) is 6.13. The molecule has 0 saturated carbocycles. The van der Waals surface area contributed by atoms with Gasteiger partial charge in [0, 0.05) is 10.6 Å². The Morgan fingerprint density at radius 2 is 1.81 bits per heavy atom. The van der Waals surface area contributed by atoms with Gasteiger partial charge in [-0.25, -0.2) is 19.6 Å². The van der Waals surface area contributed by atoms with Gasteiger partial charge in [0.2, 0.25) is 0 Å². The molecular formula is C27H19ClN7O2. The number of benzene rings is 3. The molecule has 0 spiro atoms. The number of fused-ring (bicyclic) bond motifs is 2. The second-order valence-corrected chi connectivity index (χ2v) is 8.86. The highest BCUT2D eigenvalue weighted by Gasteiger charge is 2.20. The second kappa shape index (κ2) is 9.03. The molecule has 10 heteroatoms. The lowest BCUT2D eigenvalue weighted by molar-refractivity contribution is 0.475. The van der Waals surface area contributed by atoms with Gasteiger partial charge in [0.1, 0.15) is 36.0 Å². The summed E-state index contributed by atoms with van der Waals surface area (Å²) in [5.74, 6) is 0.877. The first-order chi connectivity index (χ1) is 18.0. The predicted molar refractivity (Wildman–Crippen MR) is 141 cm³/mol. The van der Waals surface area contributed by atoms with Gasteiger partial charge in [-0.1, -0.05) is 41.9 Å². The molecule has 0 aliphatic rings. The summed E-state index contributed by atoms with van der Waals surface area (Å²) in [4.78, 5) is 27.0. The van der Waals surface area contributed by atoms with Crippen LogP contribution in [0.1, 0.15) is 11.4 Å². The van der Waals surface area contributed by atoms with E-state index in [1.54, 1.807) is 57.8 Å². The molecule has 3 N–H and O–H groups in total. The van der Waals surface area contributed by atoms with E-state index in [9.17, 15) is 9.90 Å². The average Bonchev–Trinajstić information content (AvgIpc) is 3.27. The van der Waals surface area contributed by atoms with Crippen molar-refractivity contribution in [2.75, 3.05) is 5.73 Å². The number of anilines is 1. The molecular weight excluding hydrogens is 490 g/mol. The van der Waals surface area contributed by atoms with Gasteiger partial charge in [-0.2, -0.15) is 5.10 Å². The van der Waals surface area contributed by atoms with Gasteiger partial charge in [0.25, 0.3) is 5.56 Å². The molecule has 6 aromatic rings. The maximum Gasteiger partial charge on any atom is 0.262 e. The number of nitrogens with zero attached hydrogens (tertiary/aromatic N) is 6. The van der Waals surface area contributed by atoms with Gasteiger partial charge in [-0.05, 0) is 48.0 Å². The summed E-state index contributed by atoms with van der Waals surface area (Å²) in [7, 11) is 0. The topological polar surface area (TPSA) is 125 Å². The van der Waals surface area contributed by atoms with E-state index in [1.807, 2.05) is 18.2 Å². The van der Waals surface area contributed by atoms with Crippen molar-refractivity contribution in [3.05, 3.63) is 106 Å². The Hall–Kier alpha value is -4.76. The highest BCUT2D eigenvalue weighted by molar-refractivity contribution is 6.31. The smallest absolute Gasteiger partial charge is 0.262 e. The molecule has 181 valence electrons. The van der Waals surface area contributed by atoms with Crippen LogP contribution in [0.25, 0.3) is 33.2 Å². The first kappa shape index (κ1) is 22.7. The largest absolute Gasteiger partial charge is 0.508 e. The zero-order chi connectivity index (χ0) is 25.5. The minimum Gasteiger partial charge on any atom is -0.508 e. The van der Waals surface area contributed by atoms with Gasteiger partial charge >= 0.3 is 0 Å². The fourth-order valence-electron chi connectivity index (χ4n) is 4.32. The van der Waals surface area contributed by atoms with Gasteiger partial charge in [-0.3, -0.25) is 9.36 Å². The van der Waals surface area contributed by atoms with Crippen LogP contribution in [0.15, 0.2) is 77.9 Å². The predicted octanol–water partition coefficient (Wildman–Crippen LogP) is 4.04. The van der Waals surface area contributed by atoms with Crippen molar-refractivity contribution in [3.63, 3.8) is 0 Å². The molecule has 0 aliphatic carbocycles. The summed E-state index contributed by atoms with van der Waals surface area (Å²) >= 11 is 6.43. The first-order valence-electron chi connectivity index (χ1n) is 11.4. The summed E-state index contributed by atoms with van der Waals surface area (Å²) in [6.45, 7) is 0.357.